The van der Waals surface area contributed by atoms with Crippen LogP contribution in [0.3, 0.4) is 0 Å². The van der Waals surface area contributed by atoms with Gasteiger partial charge in [0.2, 0.25) is 0 Å². The van der Waals surface area contributed by atoms with Gasteiger partial charge >= 0.3 is 0 Å². The zero-order valence-corrected chi connectivity index (χ0v) is 11.5. The number of hydrogen-bond acceptors (Lipinski definition) is 5. The number of nitrogens with zero attached hydrogens (tertiary/aromatic N) is 4. The molecule has 3 rings (SSSR count). The summed E-state index contributed by atoms with van der Waals surface area (Å²) in [7, 11) is 1.84. The second kappa shape index (κ2) is 5.56. The molecule has 2 aliphatic rings. The minimum Gasteiger partial charge on any atom is -0.392 e. The van der Waals surface area contributed by atoms with Gasteiger partial charge < -0.3 is 10.4 Å². The van der Waals surface area contributed by atoms with Crippen molar-refractivity contribution in [2.75, 3.05) is 13.1 Å². The molecule has 0 radical (unpaired) electrons. The fourth-order valence-electron chi connectivity index (χ4n) is 3.39. The molecule has 106 valence electrons. The summed E-state index contributed by atoms with van der Waals surface area (Å²) in [4.78, 5) is 4.05. The Bertz CT molecular complexity index is 421. The van der Waals surface area contributed by atoms with E-state index in [4.69, 9.17) is 0 Å². The molecule has 1 aromatic rings. The van der Waals surface area contributed by atoms with Crippen LogP contribution in [-0.2, 0) is 13.6 Å². The van der Waals surface area contributed by atoms with E-state index in [0.29, 0.717) is 12.1 Å². The van der Waals surface area contributed by atoms with Crippen molar-refractivity contribution in [2.24, 2.45) is 7.05 Å². The molecule has 0 spiro atoms. The third-order valence-electron chi connectivity index (χ3n) is 4.34. The number of aromatic nitrogens is 3. The van der Waals surface area contributed by atoms with Gasteiger partial charge in [0, 0.05) is 38.8 Å². The number of rotatable bonds is 4. The molecule has 6 nitrogen and oxygen atoms in total. The van der Waals surface area contributed by atoms with Crippen LogP contribution in [0.1, 0.15) is 31.4 Å². The first-order chi connectivity index (χ1) is 9.22. The number of nitrogens with one attached hydrogen (secondary N) is 1. The lowest BCUT2D eigenvalue weighted by molar-refractivity contribution is 0.149. The van der Waals surface area contributed by atoms with E-state index in [9.17, 15) is 5.11 Å². The number of aliphatic hydroxyl groups excluding tert-OH is 1. The molecule has 2 fully saturated rings. The average Bonchev–Trinajstić information content (AvgIpc) is 3.07. The third kappa shape index (κ3) is 2.96. The summed E-state index contributed by atoms with van der Waals surface area (Å²) in [6.45, 7) is 2.66. The fraction of sp³-hybridized carbons (Fsp3) is 0.846. The highest BCUT2D eigenvalue weighted by Gasteiger charge is 2.35. The topological polar surface area (TPSA) is 66.2 Å². The van der Waals surface area contributed by atoms with Gasteiger partial charge in [-0.05, 0) is 19.3 Å². The molecule has 0 bridgehead atoms. The number of β-amino-alcohol motifs (C(OH)–C–C–N with tert-alkyl or cyclic N) is 1. The zero-order valence-electron chi connectivity index (χ0n) is 11.5. The predicted molar refractivity (Wildman–Crippen MR) is 71.5 cm³/mol. The maximum absolute atomic E-state index is 9.67. The van der Waals surface area contributed by atoms with E-state index in [1.807, 2.05) is 13.2 Å². The summed E-state index contributed by atoms with van der Waals surface area (Å²) in [5.41, 5.74) is 0.995. The molecule has 1 aliphatic carbocycles. The largest absolute Gasteiger partial charge is 0.392 e. The Hall–Kier alpha value is -0.980. The first-order valence-electron chi connectivity index (χ1n) is 7.23. The Kier molecular flexibility index (Phi) is 3.81. The lowest BCUT2D eigenvalue weighted by atomic mass is 10.1. The maximum Gasteiger partial charge on any atom is 0.0964 e. The lowest BCUT2D eigenvalue weighted by Gasteiger charge is -2.29. The van der Waals surface area contributed by atoms with Crippen LogP contribution < -0.4 is 5.32 Å². The minimum atomic E-state index is -0.124. The van der Waals surface area contributed by atoms with Crippen molar-refractivity contribution in [1.82, 2.24) is 25.2 Å². The third-order valence-corrected chi connectivity index (χ3v) is 4.34. The Morgan fingerprint density at radius 2 is 2.32 bits per heavy atom. The summed E-state index contributed by atoms with van der Waals surface area (Å²) < 4.78 is 0. The second-order valence-electron chi connectivity index (χ2n) is 5.75. The predicted octanol–water partition coefficient (Wildman–Crippen LogP) is -0.108. The second-order valence-corrected chi connectivity index (χ2v) is 5.75. The molecule has 0 amide bonds. The van der Waals surface area contributed by atoms with Crippen molar-refractivity contribution < 1.29 is 5.11 Å². The van der Waals surface area contributed by atoms with E-state index in [1.165, 1.54) is 19.3 Å². The van der Waals surface area contributed by atoms with Crippen LogP contribution >= 0.6 is 0 Å². The standard InChI is InChI=1S/C13H23N5O/c1-17-15-8-10(16-17)7-14-12-3-2-4-13(12)18-6-5-11(19)9-18/h8,11-14,19H,2-7,9H2,1H3/t11?,12-,13+/m1/s1. The Balaban J connectivity index is 1.54. The van der Waals surface area contributed by atoms with E-state index in [2.05, 4.69) is 20.4 Å². The maximum atomic E-state index is 9.67. The highest BCUT2D eigenvalue weighted by Crippen LogP contribution is 2.27. The molecule has 1 saturated heterocycles. The van der Waals surface area contributed by atoms with Crippen molar-refractivity contribution in [3.63, 3.8) is 0 Å². The number of hydrogen-bond donors (Lipinski definition) is 2. The Labute approximate surface area is 113 Å². The van der Waals surface area contributed by atoms with Crippen LogP contribution in [0.15, 0.2) is 6.20 Å². The van der Waals surface area contributed by atoms with E-state index in [-0.39, 0.29) is 6.10 Å². The van der Waals surface area contributed by atoms with Gasteiger partial charge in [0.15, 0.2) is 0 Å². The molecule has 0 aromatic carbocycles. The van der Waals surface area contributed by atoms with Crippen molar-refractivity contribution in [1.29, 1.82) is 0 Å². The van der Waals surface area contributed by atoms with Crippen LogP contribution in [0.5, 0.6) is 0 Å². The van der Waals surface area contributed by atoms with Gasteiger partial charge in [-0.25, -0.2) is 0 Å². The lowest BCUT2D eigenvalue weighted by Crippen LogP contribution is -2.46. The van der Waals surface area contributed by atoms with E-state index < -0.39 is 0 Å². The van der Waals surface area contributed by atoms with Crippen molar-refractivity contribution >= 4 is 0 Å². The van der Waals surface area contributed by atoms with Crippen molar-refractivity contribution in [2.45, 2.75) is 50.4 Å². The quantitative estimate of drug-likeness (QED) is 0.795. The van der Waals surface area contributed by atoms with E-state index >= 15 is 0 Å². The normalized spacial score (nSPS) is 32.2. The number of aryl methyl sites for hydroxylation is 1. The summed E-state index contributed by atoms with van der Waals surface area (Å²) in [5.74, 6) is 0. The van der Waals surface area contributed by atoms with Crippen molar-refractivity contribution in [3.05, 3.63) is 11.9 Å². The fourth-order valence-corrected chi connectivity index (χ4v) is 3.39. The van der Waals surface area contributed by atoms with Gasteiger partial charge in [-0.3, -0.25) is 4.90 Å². The van der Waals surface area contributed by atoms with E-state index in [1.54, 1.807) is 4.80 Å². The summed E-state index contributed by atoms with van der Waals surface area (Å²) in [5, 5.41) is 21.7. The molecule has 1 unspecified atom stereocenters. The summed E-state index contributed by atoms with van der Waals surface area (Å²) in [6.07, 6.45) is 6.35. The van der Waals surface area contributed by atoms with Gasteiger partial charge in [0.05, 0.1) is 18.0 Å². The summed E-state index contributed by atoms with van der Waals surface area (Å²) >= 11 is 0. The van der Waals surface area contributed by atoms with Crippen LogP contribution in [-0.4, -0.2) is 56.3 Å². The molecule has 3 atom stereocenters. The summed E-state index contributed by atoms with van der Waals surface area (Å²) in [6, 6.07) is 1.10. The average molecular weight is 265 g/mol. The highest BCUT2D eigenvalue weighted by molar-refractivity contribution is 4.96. The van der Waals surface area contributed by atoms with E-state index in [0.717, 1.165) is 31.7 Å². The Morgan fingerprint density at radius 3 is 3.00 bits per heavy atom. The molecule has 1 aliphatic heterocycles. The van der Waals surface area contributed by atoms with Crippen LogP contribution in [0.4, 0.5) is 0 Å². The molecule has 2 N–H and O–H groups in total. The molecule has 6 heteroatoms. The minimum absolute atomic E-state index is 0.124. The highest BCUT2D eigenvalue weighted by atomic mass is 16.3. The van der Waals surface area contributed by atoms with Gasteiger partial charge in [0.1, 0.15) is 0 Å². The number of likely N-dealkylation sites (tertiary alicyclic amines) is 1. The van der Waals surface area contributed by atoms with Gasteiger partial charge in [-0.2, -0.15) is 15.0 Å². The van der Waals surface area contributed by atoms with Crippen LogP contribution in [0, 0.1) is 0 Å². The zero-order chi connectivity index (χ0) is 13.2. The monoisotopic (exact) mass is 265 g/mol. The van der Waals surface area contributed by atoms with Gasteiger partial charge in [-0.1, -0.05) is 6.42 Å². The SMILES string of the molecule is Cn1ncc(CN[C@@H]2CCC[C@@H]2N2CCC(O)C2)n1. The van der Waals surface area contributed by atoms with Gasteiger partial charge in [-0.15, -0.1) is 0 Å². The smallest absolute Gasteiger partial charge is 0.0964 e. The molecule has 19 heavy (non-hydrogen) atoms. The van der Waals surface area contributed by atoms with Crippen molar-refractivity contribution in [3.8, 4) is 0 Å². The first-order valence-corrected chi connectivity index (χ1v) is 7.23. The number of aliphatic hydroxyl groups is 1. The Morgan fingerprint density at radius 1 is 1.42 bits per heavy atom. The van der Waals surface area contributed by atoms with Crippen LogP contribution in [0.2, 0.25) is 0 Å². The molecule has 1 aromatic heterocycles. The van der Waals surface area contributed by atoms with Crippen LogP contribution in [0.25, 0.3) is 0 Å². The molecule has 1 saturated carbocycles. The molecule has 2 heterocycles. The van der Waals surface area contributed by atoms with Gasteiger partial charge in [0.25, 0.3) is 0 Å². The first kappa shape index (κ1) is 13.0. The molecular weight excluding hydrogens is 242 g/mol. The molecular formula is C13H23N5O.